The van der Waals surface area contributed by atoms with Crippen molar-refractivity contribution in [3.05, 3.63) is 59.1 Å². The molecule has 0 radical (unpaired) electrons. The molecule has 1 heterocycles. The number of amides is 1. The van der Waals surface area contributed by atoms with Crippen LogP contribution in [0.4, 0.5) is 5.69 Å². The molecule has 1 atom stereocenters. The topological polar surface area (TPSA) is 59.8 Å². The van der Waals surface area contributed by atoms with Crippen molar-refractivity contribution in [2.75, 3.05) is 11.1 Å². The summed E-state index contributed by atoms with van der Waals surface area (Å²) in [5.74, 6) is 1.46. The van der Waals surface area contributed by atoms with E-state index in [1.54, 1.807) is 0 Å². The van der Waals surface area contributed by atoms with Crippen LogP contribution in [0.5, 0.6) is 0 Å². The fraction of sp³-hybridized carbons (Fsp3) is 0.318. The lowest BCUT2D eigenvalue weighted by Crippen LogP contribution is -2.14. The molecular formula is C22H25ClN4OS. The van der Waals surface area contributed by atoms with Crippen molar-refractivity contribution < 1.29 is 4.79 Å². The summed E-state index contributed by atoms with van der Waals surface area (Å²) in [6, 6.07) is 15.6. The first-order valence-electron chi connectivity index (χ1n) is 9.73. The second-order valence-electron chi connectivity index (χ2n) is 6.83. The van der Waals surface area contributed by atoms with Gasteiger partial charge in [-0.3, -0.25) is 4.79 Å². The van der Waals surface area contributed by atoms with Gasteiger partial charge in [-0.2, -0.15) is 0 Å². The fourth-order valence-electron chi connectivity index (χ4n) is 2.98. The van der Waals surface area contributed by atoms with Crippen LogP contribution in [0.3, 0.4) is 0 Å². The van der Waals surface area contributed by atoms with Crippen molar-refractivity contribution in [3.63, 3.8) is 0 Å². The number of nitrogens with one attached hydrogen (secondary N) is 1. The number of thioether (sulfide) groups is 1. The molecule has 0 saturated carbocycles. The highest BCUT2D eigenvalue weighted by Crippen LogP contribution is 2.26. The Morgan fingerprint density at radius 3 is 2.59 bits per heavy atom. The third-order valence-electron chi connectivity index (χ3n) is 4.82. The van der Waals surface area contributed by atoms with Crippen LogP contribution in [0.2, 0.25) is 5.02 Å². The lowest BCUT2D eigenvalue weighted by molar-refractivity contribution is -0.113. The van der Waals surface area contributed by atoms with Gasteiger partial charge in [-0.15, -0.1) is 10.2 Å². The summed E-state index contributed by atoms with van der Waals surface area (Å²) in [6.07, 6.45) is 1.09. The van der Waals surface area contributed by atoms with Gasteiger partial charge in [0.2, 0.25) is 5.91 Å². The number of anilines is 1. The van der Waals surface area contributed by atoms with Crippen molar-refractivity contribution >= 4 is 35.0 Å². The number of carbonyl (C=O) groups excluding carboxylic acids is 1. The minimum absolute atomic E-state index is 0.0683. The van der Waals surface area contributed by atoms with Crippen LogP contribution in [-0.4, -0.2) is 26.4 Å². The molecule has 3 aromatic rings. The van der Waals surface area contributed by atoms with Crippen molar-refractivity contribution in [2.45, 2.75) is 44.8 Å². The van der Waals surface area contributed by atoms with Gasteiger partial charge in [-0.05, 0) is 49.1 Å². The lowest BCUT2D eigenvalue weighted by Gasteiger charge is -2.11. The Labute approximate surface area is 180 Å². The highest BCUT2D eigenvalue weighted by molar-refractivity contribution is 7.99. The quantitative estimate of drug-likeness (QED) is 0.456. The predicted molar refractivity (Wildman–Crippen MR) is 121 cm³/mol. The van der Waals surface area contributed by atoms with Crippen molar-refractivity contribution in [2.24, 2.45) is 0 Å². The minimum Gasteiger partial charge on any atom is -0.325 e. The molecule has 0 aliphatic carbocycles. The highest BCUT2D eigenvalue weighted by atomic mass is 35.5. The Morgan fingerprint density at radius 2 is 1.93 bits per heavy atom. The largest absolute Gasteiger partial charge is 0.325 e. The zero-order valence-electron chi connectivity index (χ0n) is 16.9. The molecule has 0 aliphatic rings. The van der Waals surface area contributed by atoms with Crippen LogP contribution >= 0.6 is 23.4 Å². The minimum atomic E-state index is -0.0683. The van der Waals surface area contributed by atoms with E-state index in [0.717, 1.165) is 23.5 Å². The second kappa shape index (κ2) is 9.94. The first-order valence-corrected chi connectivity index (χ1v) is 11.1. The van der Waals surface area contributed by atoms with E-state index >= 15 is 0 Å². The van der Waals surface area contributed by atoms with E-state index in [1.807, 2.05) is 47.9 Å². The number of rotatable bonds is 8. The van der Waals surface area contributed by atoms with Crippen LogP contribution in [0, 0.1) is 0 Å². The number of hydrogen-bond acceptors (Lipinski definition) is 4. The molecule has 152 valence electrons. The Hall–Kier alpha value is -2.31. The molecule has 0 fully saturated rings. The van der Waals surface area contributed by atoms with Crippen LogP contribution in [0.25, 0.3) is 11.4 Å². The third kappa shape index (κ3) is 5.40. The summed E-state index contributed by atoms with van der Waals surface area (Å²) in [5.41, 5.74) is 2.99. The van der Waals surface area contributed by atoms with Crippen LogP contribution in [0.15, 0.2) is 53.7 Å². The maximum atomic E-state index is 12.4. The summed E-state index contributed by atoms with van der Waals surface area (Å²) in [5, 5.41) is 12.9. The van der Waals surface area contributed by atoms with Crippen molar-refractivity contribution in [1.29, 1.82) is 0 Å². The number of carbonyl (C=O) groups is 1. The van der Waals surface area contributed by atoms with Crippen LogP contribution in [-0.2, 0) is 11.3 Å². The maximum Gasteiger partial charge on any atom is 0.234 e. The molecule has 7 heteroatoms. The van der Waals surface area contributed by atoms with E-state index < -0.39 is 0 Å². The molecular weight excluding hydrogens is 404 g/mol. The molecule has 0 spiro atoms. The molecule has 29 heavy (non-hydrogen) atoms. The van der Waals surface area contributed by atoms with Crippen LogP contribution < -0.4 is 5.32 Å². The summed E-state index contributed by atoms with van der Waals surface area (Å²) in [7, 11) is 0. The van der Waals surface area contributed by atoms with Gasteiger partial charge in [0.15, 0.2) is 11.0 Å². The average molecular weight is 429 g/mol. The molecule has 1 amide bonds. The van der Waals surface area contributed by atoms with Gasteiger partial charge < -0.3 is 9.88 Å². The first kappa shape index (κ1) is 21.4. The Bertz CT molecular complexity index is 971. The Morgan fingerprint density at radius 1 is 1.17 bits per heavy atom. The molecule has 2 aromatic carbocycles. The fourth-order valence-corrected chi connectivity index (χ4v) is 3.97. The van der Waals surface area contributed by atoms with E-state index in [-0.39, 0.29) is 11.7 Å². The van der Waals surface area contributed by atoms with Crippen molar-refractivity contribution in [3.8, 4) is 11.4 Å². The van der Waals surface area contributed by atoms with E-state index in [2.05, 4.69) is 41.5 Å². The first-order chi connectivity index (χ1) is 14.0. The third-order valence-corrected chi connectivity index (χ3v) is 6.03. The molecule has 0 aliphatic heterocycles. The summed E-state index contributed by atoms with van der Waals surface area (Å²) >= 11 is 7.47. The highest BCUT2D eigenvalue weighted by Gasteiger charge is 2.15. The molecule has 5 nitrogen and oxygen atoms in total. The number of aromatic nitrogens is 3. The van der Waals surface area contributed by atoms with E-state index in [4.69, 9.17) is 11.6 Å². The molecule has 1 N–H and O–H groups in total. The lowest BCUT2D eigenvalue weighted by atomic mass is 9.99. The van der Waals surface area contributed by atoms with E-state index in [9.17, 15) is 4.79 Å². The number of halogens is 1. The normalized spacial score (nSPS) is 12.0. The van der Waals surface area contributed by atoms with Gasteiger partial charge >= 0.3 is 0 Å². The van der Waals surface area contributed by atoms with Gasteiger partial charge in [0.25, 0.3) is 0 Å². The monoisotopic (exact) mass is 428 g/mol. The summed E-state index contributed by atoms with van der Waals surface area (Å²) in [6.45, 7) is 7.10. The molecule has 3 rings (SSSR count). The van der Waals surface area contributed by atoms with Gasteiger partial charge in [0.05, 0.1) is 5.75 Å². The SMILES string of the molecule is CC[C@@H](C)c1ccc(NC(=O)CSc2nnc(-c3cccc(Cl)c3)n2CC)cc1. The predicted octanol–water partition coefficient (Wildman–Crippen LogP) is 5.86. The van der Waals surface area contributed by atoms with Crippen LogP contribution in [0.1, 0.15) is 38.7 Å². The Balaban J connectivity index is 1.63. The summed E-state index contributed by atoms with van der Waals surface area (Å²) in [4.78, 5) is 12.4. The average Bonchev–Trinajstić information content (AvgIpc) is 3.15. The summed E-state index contributed by atoms with van der Waals surface area (Å²) < 4.78 is 1.99. The Kier molecular flexibility index (Phi) is 7.34. The number of benzene rings is 2. The van der Waals surface area contributed by atoms with Gasteiger partial charge in [0, 0.05) is 22.8 Å². The van der Waals surface area contributed by atoms with Gasteiger partial charge in [-0.1, -0.05) is 61.5 Å². The van der Waals surface area contributed by atoms with Crippen molar-refractivity contribution in [1.82, 2.24) is 14.8 Å². The zero-order valence-corrected chi connectivity index (χ0v) is 18.4. The smallest absolute Gasteiger partial charge is 0.234 e. The molecule has 0 unspecified atom stereocenters. The molecule has 0 bridgehead atoms. The van der Waals surface area contributed by atoms with Gasteiger partial charge in [-0.25, -0.2) is 0 Å². The molecule has 1 aromatic heterocycles. The van der Waals surface area contributed by atoms with E-state index in [1.165, 1.54) is 17.3 Å². The second-order valence-corrected chi connectivity index (χ2v) is 8.21. The number of nitrogens with zero attached hydrogens (tertiary/aromatic N) is 3. The van der Waals surface area contributed by atoms with Gasteiger partial charge in [0.1, 0.15) is 0 Å². The standard InChI is InChI=1S/C22H25ClN4OS/c1-4-15(3)16-9-11-19(12-10-16)24-20(28)14-29-22-26-25-21(27(22)5-2)17-7-6-8-18(23)13-17/h6-13,15H,4-5,14H2,1-3H3,(H,24,28)/t15-/m1/s1. The zero-order chi connectivity index (χ0) is 20.8. The van der Waals surface area contributed by atoms with E-state index in [0.29, 0.717) is 22.6 Å². The maximum absolute atomic E-state index is 12.4. The molecule has 0 saturated heterocycles. The number of hydrogen-bond donors (Lipinski definition) is 1.